The fourth-order valence-corrected chi connectivity index (χ4v) is 2.92. The molecule has 2 rings (SSSR count). The van der Waals surface area contributed by atoms with E-state index in [4.69, 9.17) is 0 Å². The molecule has 1 aliphatic heterocycles. The van der Waals surface area contributed by atoms with Crippen molar-refractivity contribution in [2.24, 2.45) is 11.8 Å². The lowest BCUT2D eigenvalue weighted by molar-refractivity contribution is 0.0147. The minimum Gasteiger partial charge on any atom is -0.393 e. The maximum Gasteiger partial charge on any atom is 0.0592 e. The van der Waals surface area contributed by atoms with Crippen molar-refractivity contribution in [1.82, 2.24) is 4.90 Å². The molecule has 1 aromatic carbocycles. The third kappa shape index (κ3) is 3.82. The zero-order valence-electron chi connectivity index (χ0n) is 11.5. The van der Waals surface area contributed by atoms with Crippen LogP contribution in [0.15, 0.2) is 30.3 Å². The molecule has 2 unspecified atom stereocenters. The Hall–Kier alpha value is -0.860. The molecule has 1 aromatic rings. The molecule has 0 aliphatic carbocycles. The van der Waals surface area contributed by atoms with Crippen LogP contribution in [0.25, 0.3) is 0 Å². The Bertz CT molecular complexity index is 349. The first-order chi connectivity index (χ1) is 8.65. The highest BCUT2D eigenvalue weighted by Gasteiger charge is 2.27. The zero-order chi connectivity index (χ0) is 13.0. The van der Waals surface area contributed by atoms with Gasteiger partial charge in [0.15, 0.2) is 0 Å². The molecular weight excluding hydrogens is 222 g/mol. The number of nitrogens with zero attached hydrogens (tertiary/aromatic N) is 1. The van der Waals surface area contributed by atoms with Gasteiger partial charge in [0.05, 0.1) is 6.10 Å². The van der Waals surface area contributed by atoms with E-state index in [2.05, 4.69) is 49.1 Å². The molecule has 2 nitrogen and oxygen atoms in total. The molecule has 0 saturated carbocycles. The van der Waals surface area contributed by atoms with Gasteiger partial charge in [0.25, 0.3) is 0 Å². The largest absolute Gasteiger partial charge is 0.393 e. The van der Waals surface area contributed by atoms with Crippen LogP contribution < -0.4 is 0 Å². The maximum atomic E-state index is 10.1. The number of aliphatic hydroxyl groups excluding tert-OH is 1. The van der Waals surface area contributed by atoms with Crippen molar-refractivity contribution >= 4 is 0 Å². The summed E-state index contributed by atoms with van der Waals surface area (Å²) >= 11 is 0. The summed E-state index contributed by atoms with van der Waals surface area (Å²) in [7, 11) is 0. The van der Waals surface area contributed by atoms with Gasteiger partial charge in [-0.05, 0) is 30.2 Å². The number of benzene rings is 1. The molecule has 0 bridgehead atoms. The predicted octanol–water partition coefficient (Wildman–Crippen LogP) is 2.92. The highest BCUT2D eigenvalue weighted by Crippen LogP contribution is 2.24. The molecule has 0 aromatic heterocycles. The van der Waals surface area contributed by atoms with Crippen LogP contribution in [0.3, 0.4) is 0 Å². The molecule has 18 heavy (non-hydrogen) atoms. The lowest BCUT2D eigenvalue weighted by Crippen LogP contribution is -2.43. The van der Waals surface area contributed by atoms with Crippen molar-refractivity contribution in [2.75, 3.05) is 13.1 Å². The van der Waals surface area contributed by atoms with Gasteiger partial charge >= 0.3 is 0 Å². The first-order valence-corrected chi connectivity index (χ1v) is 7.09. The predicted molar refractivity (Wildman–Crippen MR) is 75.3 cm³/mol. The summed E-state index contributed by atoms with van der Waals surface area (Å²) in [5.74, 6) is 1.11. The van der Waals surface area contributed by atoms with Gasteiger partial charge < -0.3 is 5.11 Å². The molecular formula is C16H25NO. The second kappa shape index (κ2) is 6.35. The van der Waals surface area contributed by atoms with Gasteiger partial charge in [0, 0.05) is 19.6 Å². The number of piperidine rings is 1. The van der Waals surface area contributed by atoms with Gasteiger partial charge in [-0.2, -0.15) is 0 Å². The molecule has 1 saturated heterocycles. The van der Waals surface area contributed by atoms with E-state index in [-0.39, 0.29) is 6.10 Å². The number of likely N-dealkylation sites (tertiary alicyclic amines) is 1. The Labute approximate surface area is 111 Å². The molecule has 1 N–H and O–H groups in total. The second-order valence-corrected chi connectivity index (χ2v) is 5.97. The zero-order valence-corrected chi connectivity index (χ0v) is 11.5. The summed E-state index contributed by atoms with van der Waals surface area (Å²) in [6, 6.07) is 10.6. The van der Waals surface area contributed by atoms with E-state index in [0.717, 1.165) is 32.5 Å². The van der Waals surface area contributed by atoms with Gasteiger partial charge in [-0.3, -0.25) is 4.90 Å². The van der Waals surface area contributed by atoms with Crippen LogP contribution in [-0.2, 0) is 6.54 Å². The molecule has 2 atom stereocenters. The van der Waals surface area contributed by atoms with Crippen LogP contribution >= 0.6 is 0 Å². The third-order valence-corrected chi connectivity index (χ3v) is 3.80. The van der Waals surface area contributed by atoms with E-state index in [1.54, 1.807) is 0 Å². The molecule has 0 radical (unpaired) electrons. The van der Waals surface area contributed by atoms with Gasteiger partial charge in [-0.15, -0.1) is 0 Å². The summed E-state index contributed by atoms with van der Waals surface area (Å²) in [5.41, 5.74) is 1.37. The second-order valence-electron chi connectivity index (χ2n) is 5.97. The monoisotopic (exact) mass is 247 g/mol. The van der Waals surface area contributed by atoms with Crippen LogP contribution in [0.5, 0.6) is 0 Å². The fourth-order valence-electron chi connectivity index (χ4n) is 2.92. The van der Waals surface area contributed by atoms with Crippen molar-refractivity contribution in [3.05, 3.63) is 35.9 Å². The number of aliphatic hydroxyl groups is 1. The van der Waals surface area contributed by atoms with Gasteiger partial charge in [-0.1, -0.05) is 44.2 Å². The lowest BCUT2D eigenvalue weighted by atomic mass is 9.87. The van der Waals surface area contributed by atoms with Gasteiger partial charge in [0.1, 0.15) is 0 Å². The Balaban J connectivity index is 1.91. The van der Waals surface area contributed by atoms with Crippen molar-refractivity contribution < 1.29 is 5.11 Å². The number of hydrogen-bond donors (Lipinski definition) is 1. The molecule has 0 amide bonds. The fraction of sp³-hybridized carbons (Fsp3) is 0.625. The summed E-state index contributed by atoms with van der Waals surface area (Å²) in [4.78, 5) is 2.48. The number of rotatable bonds is 4. The van der Waals surface area contributed by atoms with E-state index >= 15 is 0 Å². The topological polar surface area (TPSA) is 23.5 Å². The van der Waals surface area contributed by atoms with Crippen LogP contribution in [-0.4, -0.2) is 29.2 Å². The third-order valence-electron chi connectivity index (χ3n) is 3.80. The highest BCUT2D eigenvalue weighted by atomic mass is 16.3. The van der Waals surface area contributed by atoms with E-state index in [9.17, 15) is 5.11 Å². The van der Waals surface area contributed by atoms with Crippen LogP contribution in [0.4, 0.5) is 0 Å². The quantitative estimate of drug-likeness (QED) is 0.884. The Morgan fingerprint density at radius 2 is 2.00 bits per heavy atom. The molecule has 1 fully saturated rings. The molecule has 100 valence electrons. The van der Waals surface area contributed by atoms with Crippen LogP contribution in [0.1, 0.15) is 32.3 Å². The number of hydrogen-bond acceptors (Lipinski definition) is 2. The smallest absolute Gasteiger partial charge is 0.0592 e. The van der Waals surface area contributed by atoms with E-state index < -0.39 is 0 Å². The van der Waals surface area contributed by atoms with Gasteiger partial charge in [-0.25, -0.2) is 0 Å². The van der Waals surface area contributed by atoms with Crippen LogP contribution in [0, 0.1) is 11.8 Å². The van der Waals surface area contributed by atoms with E-state index in [1.165, 1.54) is 5.56 Å². The van der Waals surface area contributed by atoms with E-state index in [0.29, 0.717) is 11.8 Å². The molecule has 2 heteroatoms. The Morgan fingerprint density at radius 1 is 1.28 bits per heavy atom. The SMILES string of the molecule is CC(C)CC1CN(Cc2ccccc2)CCC1O. The van der Waals surface area contributed by atoms with Crippen molar-refractivity contribution in [2.45, 2.75) is 39.3 Å². The normalized spacial score (nSPS) is 25.6. The summed E-state index contributed by atoms with van der Waals surface area (Å²) in [6.45, 7) is 7.55. The summed E-state index contributed by atoms with van der Waals surface area (Å²) in [5, 5.41) is 10.1. The minimum absolute atomic E-state index is 0.0978. The molecule has 1 aliphatic rings. The van der Waals surface area contributed by atoms with E-state index in [1.807, 2.05) is 0 Å². The first-order valence-electron chi connectivity index (χ1n) is 7.09. The Kier molecular flexibility index (Phi) is 4.79. The average molecular weight is 247 g/mol. The average Bonchev–Trinajstić information content (AvgIpc) is 2.34. The van der Waals surface area contributed by atoms with Gasteiger partial charge in [0.2, 0.25) is 0 Å². The first kappa shape index (κ1) is 13.6. The molecule has 0 spiro atoms. The summed E-state index contributed by atoms with van der Waals surface area (Å²) < 4.78 is 0. The van der Waals surface area contributed by atoms with Crippen LogP contribution in [0.2, 0.25) is 0 Å². The Morgan fingerprint density at radius 3 is 2.67 bits per heavy atom. The molecule has 1 heterocycles. The highest BCUT2D eigenvalue weighted by molar-refractivity contribution is 5.14. The summed E-state index contributed by atoms with van der Waals surface area (Å²) in [6.07, 6.45) is 1.95. The van der Waals surface area contributed by atoms with Crippen molar-refractivity contribution in [3.63, 3.8) is 0 Å². The van der Waals surface area contributed by atoms with Crippen molar-refractivity contribution in [3.8, 4) is 0 Å². The maximum absolute atomic E-state index is 10.1. The standard InChI is InChI=1S/C16H25NO/c1-13(2)10-15-12-17(9-8-16(15)18)11-14-6-4-3-5-7-14/h3-7,13,15-16,18H,8-12H2,1-2H3. The van der Waals surface area contributed by atoms with Crippen molar-refractivity contribution in [1.29, 1.82) is 0 Å². The minimum atomic E-state index is -0.0978. The lowest BCUT2D eigenvalue weighted by Gasteiger charge is -2.37.